The second-order valence-corrected chi connectivity index (χ2v) is 7.84. The van der Waals surface area contributed by atoms with Crippen LogP contribution in [0.5, 0.6) is 0 Å². The molecule has 25 heavy (non-hydrogen) atoms. The molecule has 4 heterocycles. The summed E-state index contributed by atoms with van der Waals surface area (Å²) in [6.07, 6.45) is 0. The Morgan fingerprint density at radius 3 is 2.24 bits per heavy atom. The molecule has 0 bridgehead atoms. The Morgan fingerprint density at radius 1 is 0.920 bits per heavy atom. The summed E-state index contributed by atoms with van der Waals surface area (Å²) >= 11 is 4.84. The van der Waals surface area contributed by atoms with Crippen LogP contribution in [0.15, 0.2) is 40.2 Å². The molecule has 0 saturated carbocycles. The van der Waals surface area contributed by atoms with Crippen LogP contribution >= 0.6 is 34.4 Å². The highest BCUT2D eigenvalue weighted by Gasteiger charge is 2.16. The maximum absolute atomic E-state index is 5.61. The van der Waals surface area contributed by atoms with Crippen molar-refractivity contribution in [2.75, 3.05) is 11.5 Å². The van der Waals surface area contributed by atoms with Crippen LogP contribution in [0, 0.1) is 0 Å². The Hall–Kier alpha value is -2.43. The Bertz CT molecular complexity index is 905. The summed E-state index contributed by atoms with van der Waals surface area (Å²) in [4.78, 5) is 22.4. The average molecular weight is 388 g/mol. The predicted molar refractivity (Wildman–Crippen MR) is 103 cm³/mol. The zero-order valence-electron chi connectivity index (χ0n) is 12.8. The number of nitrogens with two attached hydrogens (primary N) is 2. The van der Waals surface area contributed by atoms with Gasteiger partial charge in [0.15, 0.2) is 5.16 Å². The quantitative estimate of drug-likeness (QED) is 0.448. The highest BCUT2D eigenvalue weighted by Crippen LogP contribution is 2.37. The Balaban J connectivity index is 1.63. The first-order valence-corrected chi connectivity index (χ1v) is 10.00. The number of hydrogen-bond donors (Lipinski definition) is 3. The van der Waals surface area contributed by atoms with Crippen LogP contribution in [0.1, 0.15) is 5.82 Å². The lowest BCUT2D eigenvalue weighted by Gasteiger charge is -2.00. The van der Waals surface area contributed by atoms with Gasteiger partial charge in [0.1, 0.15) is 11.5 Å². The van der Waals surface area contributed by atoms with Gasteiger partial charge in [-0.15, -0.1) is 22.7 Å². The van der Waals surface area contributed by atoms with Gasteiger partial charge in [0.25, 0.3) is 0 Å². The first-order valence-electron chi connectivity index (χ1n) is 7.25. The standard InChI is InChI=1S/C15H13N7S3/c16-13-18-10(19-14(17)22-13)7-25-15-20-11(8-3-1-5-23-8)12(21-15)9-4-2-6-24-9/h1-6H,7H2,(H,20,21)(H4,16,17,18,19,22). The van der Waals surface area contributed by atoms with E-state index in [4.69, 9.17) is 16.5 Å². The number of aromatic amines is 1. The predicted octanol–water partition coefficient (Wildman–Crippen LogP) is 3.51. The summed E-state index contributed by atoms with van der Waals surface area (Å²) in [5.74, 6) is 1.28. The van der Waals surface area contributed by atoms with Crippen molar-refractivity contribution in [3.63, 3.8) is 0 Å². The maximum atomic E-state index is 5.61. The van der Waals surface area contributed by atoms with Crippen molar-refractivity contribution in [3.05, 3.63) is 40.8 Å². The number of nitrogens with one attached hydrogen (secondary N) is 1. The van der Waals surface area contributed by atoms with Gasteiger partial charge in [0, 0.05) is 0 Å². The van der Waals surface area contributed by atoms with Crippen molar-refractivity contribution < 1.29 is 0 Å². The zero-order valence-corrected chi connectivity index (χ0v) is 15.3. The van der Waals surface area contributed by atoms with Crippen LogP contribution in [0.4, 0.5) is 11.9 Å². The molecule has 0 aliphatic heterocycles. The molecule has 0 spiro atoms. The lowest BCUT2D eigenvalue weighted by molar-refractivity contribution is 0.980. The van der Waals surface area contributed by atoms with Gasteiger partial charge in [-0.3, -0.25) is 0 Å². The van der Waals surface area contributed by atoms with E-state index in [1.165, 1.54) is 11.8 Å². The summed E-state index contributed by atoms with van der Waals surface area (Å²) < 4.78 is 0. The third-order valence-electron chi connectivity index (χ3n) is 3.26. The smallest absolute Gasteiger partial charge is 0.225 e. The lowest BCUT2D eigenvalue weighted by Crippen LogP contribution is -2.05. The number of imidazole rings is 1. The van der Waals surface area contributed by atoms with Crippen LogP contribution in [-0.4, -0.2) is 24.9 Å². The number of aromatic nitrogens is 5. The summed E-state index contributed by atoms with van der Waals surface area (Å²) in [6, 6.07) is 8.20. The van der Waals surface area contributed by atoms with Crippen LogP contribution in [0.2, 0.25) is 0 Å². The third kappa shape index (κ3) is 3.50. The van der Waals surface area contributed by atoms with Crippen molar-refractivity contribution in [2.45, 2.75) is 10.9 Å². The molecule has 0 aromatic carbocycles. The van der Waals surface area contributed by atoms with Gasteiger partial charge in [0.05, 0.1) is 21.2 Å². The van der Waals surface area contributed by atoms with Crippen molar-refractivity contribution >= 4 is 46.3 Å². The van der Waals surface area contributed by atoms with Crippen LogP contribution in [0.3, 0.4) is 0 Å². The lowest BCUT2D eigenvalue weighted by atomic mass is 10.2. The molecule has 10 heteroatoms. The van der Waals surface area contributed by atoms with Gasteiger partial charge >= 0.3 is 0 Å². The van der Waals surface area contributed by atoms with Gasteiger partial charge in [-0.25, -0.2) is 4.98 Å². The molecular formula is C15H13N7S3. The van der Waals surface area contributed by atoms with Crippen LogP contribution in [0.25, 0.3) is 21.1 Å². The second kappa shape index (κ2) is 6.82. The van der Waals surface area contributed by atoms with Crippen LogP contribution in [-0.2, 0) is 5.75 Å². The fourth-order valence-corrected chi connectivity index (χ4v) is 4.44. The van der Waals surface area contributed by atoms with E-state index in [1.54, 1.807) is 22.7 Å². The monoisotopic (exact) mass is 387 g/mol. The van der Waals surface area contributed by atoms with E-state index in [2.05, 4.69) is 37.4 Å². The van der Waals surface area contributed by atoms with Crippen molar-refractivity contribution in [3.8, 4) is 21.1 Å². The molecule has 126 valence electrons. The van der Waals surface area contributed by atoms with Crippen LogP contribution < -0.4 is 11.5 Å². The molecule has 0 amide bonds. The molecule has 0 aliphatic carbocycles. The average Bonchev–Trinajstić information content (AvgIpc) is 3.31. The normalized spacial score (nSPS) is 11.0. The molecular weight excluding hydrogens is 374 g/mol. The molecule has 0 aliphatic rings. The van der Waals surface area contributed by atoms with E-state index in [0.717, 1.165) is 26.3 Å². The number of rotatable bonds is 5. The molecule has 4 aromatic rings. The second-order valence-electron chi connectivity index (χ2n) is 4.98. The number of thiophene rings is 2. The zero-order chi connectivity index (χ0) is 17.2. The first kappa shape index (κ1) is 16.1. The molecule has 0 fully saturated rings. The molecule has 0 saturated heterocycles. The largest absolute Gasteiger partial charge is 0.368 e. The topological polar surface area (TPSA) is 119 Å². The number of thioether (sulfide) groups is 1. The Labute approximate surface area is 155 Å². The summed E-state index contributed by atoms with van der Waals surface area (Å²) in [6.45, 7) is 0. The fraction of sp³-hybridized carbons (Fsp3) is 0.0667. The van der Waals surface area contributed by atoms with Gasteiger partial charge in [0.2, 0.25) is 11.9 Å². The van der Waals surface area contributed by atoms with Crippen molar-refractivity contribution in [1.29, 1.82) is 0 Å². The number of hydrogen-bond acceptors (Lipinski definition) is 9. The third-order valence-corrected chi connectivity index (χ3v) is 5.89. The summed E-state index contributed by atoms with van der Waals surface area (Å²) in [7, 11) is 0. The van der Waals surface area contributed by atoms with Crippen molar-refractivity contribution in [2.24, 2.45) is 0 Å². The summed E-state index contributed by atoms with van der Waals surface area (Å²) in [5, 5.41) is 4.90. The number of H-pyrrole nitrogens is 1. The highest BCUT2D eigenvalue weighted by molar-refractivity contribution is 7.98. The minimum Gasteiger partial charge on any atom is -0.368 e. The molecule has 0 radical (unpaired) electrons. The van der Waals surface area contributed by atoms with E-state index < -0.39 is 0 Å². The van der Waals surface area contributed by atoms with Gasteiger partial charge in [-0.05, 0) is 22.9 Å². The van der Waals surface area contributed by atoms with E-state index >= 15 is 0 Å². The van der Waals surface area contributed by atoms with Gasteiger partial charge in [-0.1, -0.05) is 23.9 Å². The van der Waals surface area contributed by atoms with Gasteiger partial charge in [-0.2, -0.15) is 15.0 Å². The maximum Gasteiger partial charge on any atom is 0.225 e. The SMILES string of the molecule is Nc1nc(N)nc(CSc2nc(-c3cccs3)c(-c3cccs3)[nH]2)n1. The number of nitrogen functional groups attached to an aromatic ring is 2. The van der Waals surface area contributed by atoms with Gasteiger partial charge < -0.3 is 16.5 Å². The van der Waals surface area contributed by atoms with E-state index in [0.29, 0.717) is 11.6 Å². The number of anilines is 2. The molecule has 5 N–H and O–H groups in total. The van der Waals surface area contributed by atoms with E-state index in [1.807, 2.05) is 17.5 Å². The Kier molecular flexibility index (Phi) is 4.38. The summed E-state index contributed by atoms with van der Waals surface area (Å²) in [5.41, 5.74) is 13.2. The van der Waals surface area contributed by atoms with Crippen molar-refractivity contribution in [1.82, 2.24) is 24.9 Å². The molecule has 4 rings (SSSR count). The fourth-order valence-electron chi connectivity index (χ4n) is 2.26. The number of nitrogens with zero attached hydrogens (tertiary/aromatic N) is 4. The Morgan fingerprint density at radius 2 is 1.60 bits per heavy atom. The molecule has 0 atom stereocenters. The minimum absolute atomic E-state index is 0.126. The molecule has 4 aromatic heterocycles. The first-order chi connectivity index (χ1) is 12.2. The molecule has 0 unspecified atom stereocenters. The highest BCUT2D eigenvalue weighted by atomic mass is 32.2. The van der Waals surface area contributed by atoms with E-state index in [9.17, 15) is 0 Å². The molecule has 7 nitrogen and oxygen atoms in total. The van der Waals surface area contributed by atoms with E-state index in [-0.39, 0.29) is 11.9 Å². The minimum atomic E-state index is 0.126.